The number of morpholine rings is 1. The molecule has 1 aromatic carbocycles. The molecule has 2 fully saturated rings. The lowest BCUT2D eigenvalue weighted by Crippen LogP contribution is -2.54. The van der Waals surface area contributed by atoms with Crippen molar-refractivity contribution in [3.63, 3.8) is 0 Å². The number of ketones is 1. The third kappa shape index (κ3) is 3.16. The van der Waals surface area contributed by atoms with E-state index < -0.39 is 5.41 Å². The van der Waals surface area contributed by atoms with Crippen molar-refractivity contribution in [1.29, 1.82) is 0 Å². The first-order chi connectivity index (χ1) is 11.1. The zero-order chi connectivity index (χ0) is 16.3. The van der Waals surface area contributed by atoms with Crippen LogP contribution in [0.1, 0.15) is 25.3 Å². The Labute approximate surface area is 137 Å². The van der Waals surface area contributed by atoms with E-state index in [1.807, 2.05) is 35.2 Å². The fourth-order valence-corrected chi connectivity index (χ4v) is 3.64. The Balaban J connectivity index is 1.70. The first kappa shape index (κ1) is 16.1. The summed E-state index contributed by atoms with van der Waals surface area (Å²) >= 11 is 0. The Morgan fingerprint density at radius 3 is 2.48 bits per heavy atom. The highest BCUT2D eigenvalue weighted by Gasteiger charge is 2.42. The number of carbonyl (C=O) groups is 2. The van der Waals surface area contributed by atoms with Gasteiger partial charge in [0.25, 0.3) is 5.91 Å². The van der Waals surface area contributed by atoms with Gasteiger partial charge in [-0.1, -0.05) is 30.3 Å². The number of hydrogen-bond acceptors (Lipinski definition) is 4. The summed E-state index contributed by atoms with van der Waals surface area (Å²) in [6.45, 7) is 4.82. The molecule has 2 aliphatic heterocycles. The third-order valence-electron chi connectivity index (χ3n) is 5.13. The van der Waals surface area contributed by atoms with Crippen molar-refractivity contribution in [2.45, 2.75) is 31.3 Å². The molecule has 1 atom stereocenters. The molecule has 1 aromatic rings. The molecule has 1 N–H and O–H groups in total. The molecule has 5 heteroatoms. The largest absolute Gasteiger partial charge is 0.366 e. The van der Waals surface area contributed by atoms with Crippen molar-refractivity contribution in [2.75, 3.05) is 32.8 Å². The van der Waals surface area contributed by atoms with E-state index in [1.165, 1.54) is 0 Å². The predicted molar refractivity (Wildman–Crippen MR) is 87.2 cm³/mol. The normalized spacial score (nSPS) is 24.2. The molecule has 0 radical (unpaired) electrons. The van der Waals surface area contributed by atoms with Crippen molar-refractivity contribution >= 4 is 11.7 Å². The number of benzene rings is 1. The zero-order valence-corrected chi connectivity index (χ0v) is 13.6. The van der Waals surface area contributed by atoms with Gasteiger partial charge in [-0.25, -0.2) is 0 Å². The Hall–Kier alpha value is -1.72. The number of hydrogen-bond donors (Lipinski definition) is 1. The molecule has 0 aromatic heterocycles. The smallest absolute Gasteiger partial charge is 0.253 e. The molecule has 1 amide bonds. The van der Waals surface area contributed by atoms with Crippen molar-refractivity contribution in [3.05, 3.63) is 35.9 Å². The monoisotopic (exact) mass is 316 g/mol. The van der Waals surface area contributed by atoms with Gasteiger partial charge in [-0.05, 0) is 25.3 Å². The molecule has 0 spiro atoms. The van der Waals surface area contributed by atoms with Crippen molar-refractivity contribution in [1.82, 2.24) is 10.2 Å². The molecule has 0 saturated carbocycles. The van der Waals surface area contributed by atoms with Crippen LogP contribution >= 0.6 is 0 Å². The van der Waals surface area contributed by atoms with E-state index in [4.69, 9.17) is 4.74 Å². The van der Waals surface area contributed by atoms with Crippen LogP contribution in [0.25, 0.3) is 0 Å². The van der Waals surface area contributed by atoms with Gasteiger partial charge in [0.05, 0.1) is 12.0 Å². The number of nitrogens with zero attached hydrogens (tertiary/aromatic N) is 1. The van der Waals surface area contributed by atoms with Crippen LogP contribution in [0.2, 0.25) is 0 Å². The van der Waals surface area contributed by atoms with Crippen molar-refractivity contribution in [3.8, 4) is 0 Å². The second kappa shape index (κ2) is 6.81. The molecule has 0 aliphatic carbocycles. The Morgan fingerprint density at radius 2 is 1.91 bits per heavy atom. The Kier molecular flexibility index (Phi) is 4.78. The molecule has 124 valence electrons. The molecule has 5 nitrogen and oxygen atoms in total. The first-order valence-corrected chi connectivity index (χ1v) is 8.31. The summed E-state index contributed by atoms with van der Waals surface area (Å²) in [6.07, 6.45) is 0.974. The van der Waals surface area contributed by atoms with Gasteiger partial charge < -0.3 is 15.0 Å². The quantitative estimate of drug-likeness (QED) is 0.908. The van der Waals surface area contributed by atoms with Crippen LogP contribution < -0.4 is 5.32 Å². The van der Waals surface area contributed by atoms with E-state index in [0.717, 1.165) is 12.1 Å². The maximum Gasteiger partial charge on any atom is 0.253 e. The summed E-state index contributed by atoms with van der Waals surface area (Å²) < 4.78 is 5.56. The van der Waals surface area contributed by atoms with Crippen LogP contribution in [0.5, 0.6) is 0 Å². The van der Waals surface area contributed by atoms with Gasteiger partial charge in [0, 0.05) is 26.2 Å². The van der Waals surface area contributed by atoms with E-state index in [1.54, 1.807) is 6.92 Å². The van der Waals surface area contributed by atoms with Gasteiger partial charge in [-0.15, -0.1) is 0 Å². The lowest BCUT2D eigenvalue weighted by molar-refractivity contribution is -0.148. The van der Waals surface area contributed by atoms with Crippen LogP contribution in [-0.2, 0) is 19.7 Å². The number of rotatable bonds is 3. The standard InChI is InChI=1S/C18H24N2O3/c1-14(21)18(15-5-3-2-4-6-15)7-10-20(11-8-18)17(22)16-13-19-9-12-23-16/h2-6,16,19H,7-13H2,1H3/t16-/m1/s1. The Morgan fingerprint density at radius 1 is 1.22 bits per heavy atom. The van der Waals surface area contributed by atoms with Crippen LogP contribution in [-0.4, -0.2) is 55.5 Å². The van der Waals surface area contributed by atoms with Gasteiger partial charge in [0.1, 0.15) is 11.9 Å². The maximum absolute atomic E-state index is 12.5. The maximum atomic E-state index is 12.5. The van der Waals surface area contributed by atoms with Crippen molar-refractivity contribution < 1.29 is 14.3 Å². The average Bonchev–Trinajstić information content (AvgIpc) is 2.62. The molecule has 2 saturated heterocycles. The van der Waals surface area contributed by atoms with E-state index in [-0.39, 0.29) is 17.8 Å². The number of piperidine rings is 1. The fourth-order valence-electron chi connectivity index (χ4n) is 3.64. The molecule has 0 unspecified atom stereocenters. The number of nitrogens with one attached hydrogen (secondary N) is 1. The number of amides is 1. The Bertz CT molecular complexity index is 559. The van der Waals surface area contributed by atoms with E-state index in [0.29, 0.717) is 39.1 Å². The molecule has 23 heavy (non-hydrogen) atoms. The summed E-state index contributed by atoms with van der Waals surface area (Å²) in [6, 6.07) is 9.95. The van der Waals surface area contributed by atoms with Crippen LogP contribution in [0.4, 0.5) is 0 Å². The summed E-state index contributed by atoms with van der Waals surface area (Å²) in [5, 5.41) is 3.19. The predicted octanol–water partition coefficient (Wildman–Crippen LogP) is 1.12. The molecule has 3 rings (SSSR count). The zero-order valence-electron chi connectivity index (χ0n) is 13.6. The highest BCUT2D eigenvalue weighted by molar-refractivity contribution is 5.89. The summed E-state index contributed by atoms with van der Waals surface area (Å²) in [4.78, 5) is 26.8. The van der Waals surface area contributed by atoms with Gasteiger partial charge in [-0.2, -0.15) is 0 Å². The molecule has 2 aliphatic rings. The summed E-state index contributed by atoms with van der Waals surface area (Å²) in [5.74, 6) is 0.230. The third-order valence-corrected chi connectivity index (χ3v) is 5.13. The number of likely N-dealkylation sites (tertiary alicyclic amines) is 1. The lowest BCUT2D eigenvalue weighted by Gasteiger charge is -2.41. The first-order valence-electron chi connectivity index (χ1n) is 8.31. The molecular weight excluding hydrogens is 292 g/mol. The fraction of sp³-hybridized carbons (Fsp3) is 0.556. The highest BCUT2D eigenvalue weighted by Crippen LogP contribution is 2.36. The minimum absolute atomic E-state index is 0.0439. The van der Waals surface area contributed by atoms with E-state index in [2.05, 4.69) is 5.32 Å². The minimum Gasteiger partial charge on any atom is -0.366 e. The lowest BCUT2D eigenvalue weighted by atomic mass is 9.70. The number of ether oxygens (including phenoxy) is 1. The van der Waals surface area contributed by atoms with Crippen molar-refractivity contribution in [2.24, 2.45) is 0 Å². The van der Waals surface area contributed by atoms with Crippen LogP contribution in [0.15, 0.2) is 30.3 Å². The van der Waals surface area contributed by atoms with Gasteiger partial charge in [0.15, 0.2) is 0 Å². The van der Waals surface area contributed by atoms with Crippen LogP contribution in [0, 0.1) is 0 Å². The highest BCUT2D eigenvalue weighted by atomic mass is 16.5. The van der Waals surface area contributed by atoms with Crippen LogP contribution in [0.3, 0.4) is 0 Å². The number of Topliss-reactive ketones (excluding diaryl/α,β-unsaturated/α-hetero) is 1. The van der Waals surface area contributed by atoms with Gasteiger partial charge in [-0.3, -0.25) is 9.59 Å². The topological polar surface area (TPSA) is 58.6 Å². The second-order valence-electron chi connectivity index (χ2n) is 6.39. The van der Waals surface area contributed by atoms with Gasteiger partial charge >= 0.3 is 0 Å². The van der Waals surface area contributed by atoms with E-state index >= 15 is 0 Å². The summed E-state index contributed by atoms with van der Waals surface area (Å²) in [7, 11) is 0. The minimum atomic E-state index is -0.455. The number of carbonyl (C=O) groups excluding carboxylic acids is 2. The molecule has 0 bridgehead atoms. The average molecular weight is 316 g/mol. The summed E-state index contributed by atoms with van der Waals surface area (Å²) in [5.41, 5.74) is 0.610. The second-order valence-corrected chi connectivity index (χ2v) is 6.39. The SMILES string of the molecule is CC(=O)C1(c2ccccc2)CCN(C(=O)[C@H]2CNCCO2)CC1. The van der Waals surface area contributed by atoms with Gasteiger partial charge in [0.2, 0.25) is 0 Å². The van der Waals surface area contributed by atoms with E-state index in [9.17, 15) is 9.59 Å². The molecule has 2 heterocycles. The molecular formula is C18H24N2O3.